The van der Waals surface area contributed by atoms with Crippen LogP contribution in [0.3, 0.4) is 0 Å². The van der Waals surface area contributed by atoms with E-state index in [1.165, 1.54) is 10.4 Å². The standard InChI is InChI=1S/C11H12N2O2S2/c12-11(14)6-15-13-5-9-4-8(7-17-9)10-2-1-3-16-10/h1-4,7,13H,5-6H2,(H2,12,14). The quantitative estimate of drug-likeness (QED) is 0.622. The van der Waals surface area contributed by atoms with E-state index in [0.29, 0.717) is 6.54 Å². The molecule has 0 aliphatic heterocycles. The first-order valence-electron chi connectivity index (χ1n) is 5.00. The van der Waals surface area contributed by atoms with Crippen molar-refractivity contribution in [2.24, 2.45) is 5.73 Å². The number of rotatable bonds is 6. The van der Waals surface area contributed by atoms with E-state index in [1.807, 2.05) is 6.07 Å². The molecule has 0 aliphatic rings. The number of amides is 1. The number of carbonyl (C=O) groups is 1. The molecule has 0 aromatic carbocycles. The van der Waals surface area contributed by atoms with Crippen LogP contribution in [0, 0.1) is 0 Å². The van der Waals surface area contributed by atoms with Gasteiger partial charge in [-0.15, -0.1) is 22.7 Å². The minimum absolute atomic E-state index is 0.108. The van der Waals surface area contributed by atoms with Gasteiger partial charge in [0.05, 0.1) is 6.54 Å². The van der Waals surface area contributed by atoms with Crippen LogP contribution in [0.5, 0.6) is 0 Å². The zero-order chi connectivity index (χ0) is 12.1. The molecule has 2 aromatic heterocycles. The van der Waals surface area contributed by atoms with Crippen LogP contribution in [0.1, 0.15) is 4.88 Å². The van der Waals surface area contributed by atoms with E-state index in [4.69, 9.17) is 10.6 Å². The Morgan fingerprint density at radius 2 is 2.35 bits per heavy atom. The van der Waals surface area contributed by atoms with Gasteiger partial charge in [0.15, 0.2) is 0 Å². The summed E-state index contributed by atoms with van der Waals surface area (Å²) in [4.78, 5) is 17.7. The molecular formula is C11H12N2O2S2. The molecule has 2 rings (SSSR count). The minimum Gasteiger partial charge on any atom is -0.368 e. The number of nitrogens with two attached hydrogens (primary N) is 1. The van der Waals surface area contributed by atoms with Gasteiger partial charge in [-0.05, 0) is 22.9 Å². The number of hydrogen-bond acceptors (Lipinski definition) is 5. The molecule has 0 saturated heterocycles. The van der Waals surface area contributed by atoms with Crippen molar-refractivity contribution in [1.82, 2.24) is 5.48 Å². The zero-order valence-corrected chi connectivity index (χ0v) is 10.6. The molecule has 17 heavy (non-hydrogen) atoms. The predicted octanol–water partition coefficient (Wildman–Crippen LogP) is 1.98. The lowest BCUT2D eigenvalue weighted by Gasteiger charge is -2.01. The molecule has 0 atom stereocenters. The fraction of sp³-hybridized carbons (Fsp3) is 0.182. The van der Waals surface area contributed by atoms with Crippen molar-refractivity contribution in [3.63, 3.8) is 0 Å². The van der Waals surface area contributed by atoms with Crippen molar-refractivity contribution in [2.75, 3.05) is 6.61 Å². The van der Waals surface area contributed by atoms with E-state index in [0.717, 1.165) is 4.88 Å². The number of hydroxylamine groups is 1. The van der Waals surface area contributed by atoms with Crippen LogP contribution in [0.4, 0.5) is 0 Å². The van der Waals surface area contributed by atoms with Crippen molar-refractivity contribution < 1.29 is 9.63 Å². The molecule has 4 nitrogen and oxygen atoms in total. The highest BCUT2D eigenvalue weighted by atomic mass is 32.1. The Morgan fingerprint density at radius 3 is 3.06 bits per heavy atom. The first kappa shape index (κ1) is 12.3. The molecule has 3 N–H and O–H groups in total. The molecule has 0 saturated carbocycles. The lowest BCUT2D eigenvalue weighted by Crippen LogP contribution is -2.24. The van der Waals surface area contributed by atoms with Gasteiger partial charge in [-0.2, -0.15) is 5.48 Å². The molecule has 2 aromatic rings. The van der Waals surface area contributed by atoms with Gasteiger partial charge < -0.3 is 5.73 Å². The van der Waals surface area contributed by atoms with Crippen LogP contribution in [0.25, 0.3) is 10.4 Å². The maximum atomic E-state index is 10.4. The summed E-state index contributed by atoms with van der Waals surface area (Å²) < 4.78 is 0. The van der Waals surface area contributed by atoms with Gasteiger partial charge in [0, 0.05) is 15.3 Å². The number of hydrogen-bond donors (Lipinski definition) is 2. The third-order valence-electron chi connectivity index (χ3n) is 2.02. The summed E-state index contributed by atoms with van der Waals surface area (Å²) in [5, 5.41) is 4.16. The van der Waals surface area contributed by atoms with Crippen LogP contribution in [0.2, 0.25) is 0 Å². The van der Waals surface area contributed by atoms with Crippen LogP contribution in [-0.2, 0) is 16.2 Å². The molecule has 1 amide bonds. The van der Waals surface area contributed by atoms with Gasteiger partial charge in [-0.25, -0.2) is 0 Å². The van der Waals surface area contributed by atoms with Crippen LogP contribution < -0.4 is 11.2 Å². The van der Waals surface area contributed by atoms with Crippen molar-refractivity contribution in [1.29, 1.82) is 0 Å². The van der Waals surface area contributed by atoms with Crippen molar-refractivity contribution in [3.05, 3.63) is 33.8 Å². The largest absolute Gasteiger partial charge is 0.368 e. The van der Waals surface area contributed by atoms with E-state index >= 15 is 0 Å². The number of primary amides is 1. The van der Waals surface area contributed by atoms with Crippen LogP contribution >= 0.6 is 22.7 Å². The number of nitrogens with one attached hydrogen (secondary N) is 1. The summed E-state index contributed by atoms with van der Waals surface area (Å²) in [6.45, 7) is 0.465. The summed E-state index contributed by atoms with van der Waals surface area (Å²) in [5.74, 6) is -0.483. The Hall–Kier alpha value is -1.21. The molecule has 0 spiro atoms. The Bertz CT molecular complexity index is 479. The highest BCUT2D eigenvalue weighted by molar-refractivity contribution is 7.14. The van der Waals surface area contributed by atoms with E-state index in [2.05, 4.69) is 28.4 Å². The fourth-order valence-electron chi connectivity index (χ4n) is 1.29. The summed E-state index contributed by atoms with van der Waals surface area (Å²) in [5.41, 5.74) is 8.86. The van der Waals surface area contributed by atoms with Crippen molar-refractivity contribution in [2.45, 2.75) is 6.54 Å². The Labute approximate surface area is 107 Å². The summed E-state index contributed by atoms with van der Waals surface area (Å²) >= 11 is 3.37. The smallest absolute Gasteiger partial charge is 0.245 e. The maximum absolute atomic E-state index is 10.4. The first-order valence-corrected chi connectivity index (χ1v) is 6.76. The third kappa shape index (κ3) is 3.64. The number of thiophene rings is 2. The molecule has 6 heteroatoms. The summed E-state index contributed by atoms with van der Waals surface area (Å²) in [6, 6.07) is 6.23. The van der Waals surface area contributed by atoms with Gasteiger partial charge in [0.1, 0.15) is 6.61 Å². The average Bonchev–Trinajstić information content (AvgIpc) is 2.94. The molecule has 0 unspecified atom stereocenters. The molecular weight excluding hydrogens is 256 g/mol. The second-order valence-corrected chi connectivity index (χ2v) is 5.30. The monoisotopic (exact) mass is 268 g/mol. The molecule has 0 bridgehead atoms. The van der Waals surface area contributed by atoms with Crippen molar-refractivity contribution >= 4 is 28.6 Å². The fourth-order valence-corrected chi connectivity index (χ4v) is 2.89. The van der Waals surface area contributed by atoms with Gasteiger partial charge in [-0.1, -0.05) is 6.07 Å². The summed E-state index contributed by atoms with van der Waals surface area (Å²) in [6.07, 6.45) is 0. The summed E-state index contributed by atoms with van der Waals surface area (Å²) in [7, 11) is 0. The van der Waals surface area contributed by atoms with Gasteiger partial charge in [-0.3, -0.25) is 9.63 Å². The predicted molar refractivity (Wildman–Crippen MR) is 69.6 cm³/mol. The Morgan fingerprint density at radius 1 is 1.47 bits per heavy atom. The topological polar surface area (TPSA) is 64.4 Å². The van der Waals surface area contributed by atoms with E-state index in [9.17, 15) is 4.79 Å². The van der Waals surface area contributed by atoms with Crippen LogP contribution in [0.15, 0.2) is 29.0 Å². The molecule has 90 valence electrons. The SMILES string of the molecule is NC(=O)CONCc1cc(-c2cccs2)cs1. The second kappa shape index (κ2) is 5.92. The van der Waals surface area contributed by atoms with E-state index < -0.39 is 5.91 Å². The maximum Gasteiger partial charge on any atom is 0.245 e. The lowest BCUT2D eigenvalue weighted by atomic mass is 10.2. The second-order valence-electron chi connectivity index (χ2n) is 3.36. The highest BCUT2D eigenvalue weighted by Crippen LogP contribution is 2.29. The molecule has 0 fully saturated rings. The van der Waals surface area contributed by atoms with Crippen molar-refractivity contribution in [3.8, 4) is 10.4 Å². The molecule has 0 radical (unpaired) electrons. The minimum atomic E-state index is -0.483. The Balaban J connectivity index is 1.84. The number of carbonyl (C=O) groups excluding carboxylic acids is 1. The van der Waals surface area contributed by atoms with E-state index in [1.54, 1.807) is 22.7 Å². The first-order chi connectivity index (χ1) is 8.25. The van der Waals surface area contributed by atoms with Gasteiger partial charge >= 0.3 is 0 Å². The van der Waals surface area contributed by atoms with Gasteiger partial charge in [0.2, 0.25) is 5.91 Å². The van der Waals surface area contributed by atoms with Crippen LogP contribution in [-0.4, -0.2) is 12.5 Å². The molecule has 0 aliphatic carbocycles. The van der Waals surface area contributed by atoms with Gasteiger partial charge in [0.25, 0.3) is 0 Å². The molecule has 2 heterocycles. The highest BCUT2D eigenvalue weighted by Gasteiger charge is 2.03. The Kier molecular flexibility index (Phi) is 4.27. The third-order valence-corrected chi connectivity index (χ3v) is 3.88. The average molecular weight is 268 g/mol. The normalized spacial score (nSPS) is 10.6. The van der Waals surface area contributed by atoms with E-state index in [-0.39, 0.29) is 6.61 Å². The zero-order valence-electron chi connectivity index (χ0n) is 9.01. The lowest BCUT2D eigenvalue weighted by molar-refractivity contribution is -0.125.